The van der Waals surface area contributed by atoms with Crippen LogP contribution in [0.15, 0.2) is 88.6 Å². The number of anilines is 1. The van der Waals surface area contributed by atoms with Crippen LogP contribution < -0.4 is 9.86 Å². The molecule has 2 heterocycles. The number of nitrogens with zero attached hydrogens (tertiary/aromatic N) is 3. The Labute approximate surface area is 212 Å². The number of rotatable bonds is 4. The summed E-state index contributed by atoms with van der Waals surface area (Å²) in [5.74, 6) is 0.248. The van der Waals surface area contributed by atoms with Crippen molar-refractivity contribution in [2.24, 2.45) is 0 Å². The van der Waals surface area contributed by atoms with Crippen molar-refractivity contribution in [1.82, 2.24) is 4.57 Å². The van der Waals surface area contributed by atoms with Gasteiger partial charge in [0.2, 0.25) is 0 Å². The molecule has 0 bridgehead atoms. The minimum atomic E-state index is -4.15. The number of hydrogen-bond donors (Lipinski definition) is 0. The lowest BCUT2D eigenvalue weighted by molar-refractivity contribution is 0.592. The molecule has 1 aromatic heterocycles. The lowest BCUT2D eigenvalue weighted by atomic mass is 9.95. The van der Waals surface area contributed by atoms with E-state index in [0.29, 0.717) is 32.3 Å². The molecule has 0 saturated carbocycles. The molecule has 0 atom stereocenters. The van der Waals surface area contributed by atoms with Gasteiger partial charge in [0.05, 0.1) is 12.1 Å². The maximum atomic E-state index is 13.8. The Kier molecular flexibility index (Phi) is 5.89. The van der Waals surface area contributed by atoms with Crippen molar-refractivity contribution >= 4 is 39.0 Å². The van der Waals surface area contributed by atoms with Crippen LogP contribution in [0, 0.1) is 11.3 Å². The molecule has 1 aliphatic rings. The summed E-state index contributed by atoms with van der Waals surface area (Å²) in [6.07, 6.45) is 0. The Morgan fingerprint density at radius 1 is 0.829 bits per heavy atom. The van der Waals surface area contributed by atoms with Crippen LogP contribution >= 0.6 is 23.2 Å². The lowest BCUT2D eigenvalue weighted by Crippen LogP contribution is -2.30. The molecule has 3 aromatic carbocycles. The van der Waals surface area contributed by atoms with Crippen LogP contribution in [0.1, 0.15) is 5.56 Å². The molecule has 1 aliphatic heterocycles. The van der Waals surface area contributed by atoms with Crippen molar-refractivity contribution in [1.29, 1.82) is 5.26 Å². The highest BCUT2D eigenvalue weighted by Crippen LogP contribution is 2.43. The second-order valence-corrected chi connectivity index (χ2v) is 10.6. The number of aromatic nitrogens is 1. The van der Waals surface area contributed by atoms with Gasteiger partial charge in [-0.2, -0.15) is 5.26 Å². The molecule has 0 fully saturated rings. The number of nitriles is 1. The first-order chi connectivity index (χ1) is 16.8. The standard InChI is InChI=1S/C26H17Cl2N3O3S/c27-20-9-5-17(6-10-20)22-15-24(32)30-13-14-31(26(30)25(22)18-7-11-21(28)12-8-18)35(33,34)23-4-2-1-3-19(23)16-29/h1-12,15H,13-14H2. The number of benzene rings is 3. The first-order valence-electron chi connectivity index (χ1n) is 10.6. The van der Waals surface area contributed by atoms with Gasteiger partial charge < -0.3 is 0 Å². The molecule has 35 heavy (non-hydrogen) atoms. The Morgan fingerprint density at radius 3 is 2.06 bits per heavy atom. The van der Waals surface area contributed by atoms with E-state index in [2.05, 4.69) is 0 Å². The molecule has 4 aromatic rings. The first kappa shape index (κ1) is 23.2. The number of sulfonamides is 1. The van der Waals surface area contributed by atoms with Gasteiger partial charge in [-0.05, 0) is 53.1 Å². The third-order valence-electron chi connectivity index (χ3n) is 5.91. The third-order valence-corrected chi connectivity index (χ3v) is 8.26. The maximum absolute atomic E-state index is 13.8. The molecule has 0 saturated heterocycles. The fourth-order valence-corrected chi connectivity index (χ4v) is 6.17. The molecule has 0 aliphatic carbocycles. The zero-order chi connectivity index (χ0) is 24.7. The molecule has 0 spiro atoms. The van der Waals surface area contributed by atoms with E-state index in [9.17, 15) is 18.5 Å². The normalized spacial score (nSPS) is 12.9. The monoisotopic (exact) mass is 521 g/mol. The Hall–Kier alpha value is -3.57. The number of pyridine rings is 1. The predicted octanol–water partition coefficient (Wildman–Crippen LogP) is 5.57. The maximum Gasteiger partial charge on any atom is 0.266 e. The first-order valence-corrected chi connectivity index (χ1v) is 12.8. The average molecular weight is 522 g/mol. The van der Waals surface area contributed by atoms with Gasteiger partial charge in [-0.3, -0.25) is 9.36 Å². The van der Waals surface area contributed by atoms with Crippen LogP contribution in [-0.2, 0) is 16.6 Å². The van der Waals surface area contributed by atoms with Crippen LogP contribution in [0.25, 0.3) is 22.3 Å². The van der Waals surface area contributed by atoms with Gasteiger partial charge in [0.1, 0.15) is 16.8 Å². The average Bonchev–Trinajstić information content (AvgIpc) is 3.32. The van der Waals surface area contributed by atoms with Crippen molar-refractivity contribution in [3.05, 3.63) is 105 Å². The molecule has 174 valence electrons. The van der Waals surface area contributed by atoms with Gasteiger partial charge in [0.15, 0.2) is 0 Å². The number of fused-ring (bicyclic) bond motifs is 1. The largest absolute Gasteiger partial charge is 0.292 e. The second kappa shape index (κ2) is 8.90. The van der Waals surface area contributed by atoms with Crippen molar-refractivity contribution in [3.8, 4) is 28.3 Å². The zero-order valence-corrected chi connectivity index (χ0v) is 20.5. The smallest absolute Gasteiger partial charge is 0.266 e. The van der Waals surface area contributed by atoms with E-state index >= 15 is 0 Å². The highest BCUT2D eigenvalue weighted by Gasteiger charge is 2.36. The van der Waals surface area contributed by atoms with Crippen LogP contribution in [0.3, 0.4) is 0 Å². The van der Waals surface area contributed by atoms with Gasteiger partial charge in [-0.25, -0.2) is 12.7 Å². The van der Waals surface area contributed by atoms with E-state index < -0.39 is 10.0 Å². The Balaban J connectivity index is 1.83. The summed E-state index contributed by atoms with van der Waals surface area (Å²) in [6, 6.07) is 23.5. The van der Waals surface area contributed by atoms with E-state index in [4.69, 9.17) is 23.2 Å². The highest BCUT2D eigenvalue weighted by atomic mass is 35.5. The fraction of sp³-hybridized carbons (Fsp3) is 0.0769. The predicted molar refractivity (Wildman–Crippen MR) is 137 cm³/mol. The third kappa shape index (κ3) is 4.00. The quantitative estimate of drug-likeness (QED) is 0.351. The van der Waals surface area contributed by atoms with Gasteiger partial charge in [-0.15, -0.1) is 0 Å². The van der Waals surface area contributed by atoms with Crippen molar-refractivity contribution in [2.75, 3.05) is 10.8 Å². The van der Waals surface area contributed by atoms with Gasteiger partial charge in [-0.1, -0.05) is 59.6 Å². The molecule has 0 N–H and O–H groups in total. The van der Waals surface area contributed by atoms with Crippen LogP contribution in [0.4, 0.5) is 5.82 Å². The molecule has 0 unspecified atom stereocenters. The highest BCUT2D eigenvalue weighted by molar-refractivity contribution is 7.93. The lowest BCUT2D eigenvalue weighted by Gasteiger charge is -2.24. The van der Waals surface area contributed by atoms with Gasteiger partial charge >= 0.3 is 0 Å². The molecule has 0 amide bonds. The second-order valence-electron chi connectivity index (χ2n) is 7.95. The molecule has 6 nitrogen and oxygen atoms in total. The van der Waals surface area contributed by atoms with Gasteiger partial charge in [0, 0.05) is 28.2 Å². The SMILES string of the molecule is N#Cc1ccccc1S(=O)(=O)N1CCn2c1c(-c1ccc(Cl)cc1)c(-c1ccc(Cl)cc1)cc2=O. The van der Waals surface area contributed by atoms with E-state index in [1.165, 1.54) is 27.1 Å². The summed E-state index contributed by atoms with van der Waals surface area (Å²) >= 11 is 12.2. The summed E-state index contributed by atoms with van der Waals surface area (Å²) < 4.78 is 30.3. The van der Waals surface area contributed by atoms with Crippen LogP contribution in [0.2, 0.25) is 10.0 Å². The Bertz CT molecular complexity index is 1660. The fourth-order valence-electron chi connectivity index (χ4n) is 4.30. The van der Waals surface area contributed by atoms with Crippen molar-refractivity contribution in [3.63, 3.8) is 0 Å². The summed E-state index contributed by atoms with van der Waals surface area (Å²) in [7, 11) is -4.15. The van der Waals surface area contributed by atoms with E-state index in [1.54, 1.807) is 60.7 Å². The van der Waals surface area contributed by atoms with Crippen LogP contribution in [0.5, 0.6) is 0 Å². The van der Waals surface area contributed by atoms with Crippen LogP contribution in [-0.4, -0.2) is 19.5 Å². The summed E-state index contributed by atoms with van der Waals surface area (Å²) in [5, 5.41) is 10.6. The molecule has 0 radical (unpaired) electrons. The zero-order valence-electron chi connectivity index (χ0n) is 18.2. The van der Waals surface area contributed by atoms with E-state index in [1.807, 2.05) is 6.07 Å². The van der Waals surface area contributed by atoms with Crippen molar-refractivity contribution < 1.29 is 8.42 Å². The van der Waals surface area contributed by atoms with Crippen molar-refractivity contribution in [2.45, 2.75) is 11.4 Å². The minimum Gasteiger partial charge on any atom is -0.292 e. The number of hydrogen-bond acceptors (Lipinski definition) is 4. The molecule has 9 heteroatoms. The van der Waals surface area contributed by atoms with Gasteiger partial charge in [0.25, 0.3) is 15.6 Å². The summed E-state index contributed by atoms with van der Waals surface area (Å²) in [4.78, 5) is 13.1. The molecular weight excluding hydrogens is 505 g/mol. The minimum absolute atomic E-state index is 0.0372. The van der Waals surface area contributed by atoms with E-state index in [-0.39, 0.29) is 34.9 Å². The van der Waals surface area contributed by atoms with E-state index in [0.717, 1.165) is 0 Å². The molecular formula is C26H17Cl2N3O3S. The molecule has 5 rings (SSSR count). The number of halogens is 2. The summed E-state index contributed by atoms with van der Waals surface area (Å²) in [5.41, 5.74) is 2.25. The summed E-state index contributed by atoms with van der Waals surface area (Å²) in [6.45, 7) is 0.242. The topological polar surface area (TPSA) is 83.2 Å². The Morgan fingerprint density at radius 2 is 1.43 bits per heavy atom.